The number of nitrogens with zero attached hydrogens (tertiary/aromatic N) is 1. The first-order valence-electron chi connectivity index (χ1n) is 5.26. The Morgan fingerprint density at radius 3 is 2.80 bits per heavy atom. The van der Waals surface area contributed by atoms with Crippen LogP contribution >= 0.6 is 23.2 Å². The summed E-state index contributed by atoms with van der Waals surface area (Å²) < 4.78 is 0. The van der Waals surface area contributed by atoms with Gasteiger partial charge in [-0.05, 0) is 37.1 Å². The van der Waals surface area contributed by atoms with Gasteiger partial charge in [0.25, 0.3) is 0 Å². The number of rotatable bonds is 1. The van der Waals surface area contributed by atoms with Crippen LogP contribution in [0.2, 0.25) is 10.0 Å². The third-order valence-electron chi connectivity index (χ3n) is 3.78. The average molecular weight is 242 g/mol. The number of halogens is 2. The number of piperidine rings is 1. The van der Waals surface area contributed by atoms with Crippen LogP contribution in [0.5, 0.6) is 0 Å². The van der Waals surface area contributed by atoms with Crippen LogP contribution in [-0.2, 0) is 5.41 Å². The normalized spacial score (nSPS) is 34.2. The molecular formula is C12H13Cl2N. The van der Waals surface area contributed by atoms with Gasteiger partial charge in [0, 0.05) is 28.5 Å². The second-order valence-electron chi connectivity index (χ2n) is 4.88. The Balaban J connectivity index is 2.01. The molecule has 2 unspecified atom stereocenters. The van der Waals surface area contributed by atoms with E-state index in [-0.39, 0.29) is 0 Å². The Labute approximate surface area is 100.0 Å². The van der Waals surface area contributed by atoms with Crippen molar-refractivity contribution in [1.82, 2.24) is 4.90 Å². The zero-order valence-corrected chi connectivity index (χ0v) is 10.1. The second-order valence-corrected chi connectivity index (χ2v) is 5.72. The van der Waals surface area contributed by atoms with Crippen molar-refractivity contribution in [2.24, 2.45) is 5.92 Å². The number of likely N-dealkylation sites (N-methyl/N-ethyl adjacent to an activating group) is 1. The molecule has 0 bridgehead atoms. The maximum atomic E-state index is 6.27. The van der Waals surface area contributed by atoms with E-state index < -0.39 is 0 Å². The van der Waals surface area contributed by atoms with Crippen LogP contribution in [0, 0.1) is 5.92 Å². The highest BCUT2D eigenvalue weighted by Gasteiger charge is 2.60. The molecule has 3 rings (SSSR count). The molecule has 2 atom stereocenters. The molecule has 15 heavy (non-hydrogen) atoms. The predicted molar refractivity (Wildman–Crippen MR) is 63.7 cm³/mol. The van der Waals surface area contributed by atoms with Crippen LogP contribution in [-0.4, -0.2) is 25.0 Å². The summed E-state index contributed by atoms with van der Waals surface area (Å²) in [7, 11) is 2.18. The highest BCUT2D eigenvalue weighted by atomic mass is 35.5. The van der Waals surface area contributed by atoms with Crippen LogP contribution in [0.4, 0.5) is 0 Å². The number of hydrogen-bond acceptors (Lipinski definition) is 1. The Bertz CT molecular complexity index is 418. The van der Waals surface area contributed by atoms with Crippen molar-refractivity contribution in [1.29, 1.82) is 0 Å². The summed E-state index contributed by atoms with van der Waals surface area (Å²) in [5.41, 5.74) is 1.64. The first kappa shape index (κ1) is 9.95. The average Bonchev–Trinajstić information content (AvgIpc) is 2.69. The molecule has 1 aliphatic carbocycles. The molecular weight excluding hydrogens is 229 g/mol. The molecule has 0 aromatic heterocycles. The molecule has 0 N–H and O–H groups in total. The molecule has 1 nitrogen and oxygen atoms in total. The topological polar surface area (TPSA) is 3.24 Å². The quantitative estimate of drug-likeness (QED) is 0.731. The standard InChI is InChI=1S/C12H13Cl2N/c1-15-6-8-5-12(8,7-15)10-3-2-9(13)4-11(10)14/h2-4,8H,5-7H2,1H3. The fourth-order valence-corrected chi connectivity index (χ4v) is 3.64. The highest BCUT2D eigenvalue weighted by Crippen LogP contribution is 2.60. The van der Waals surface area contributed by atoms with Gasteiger partial charge < -0.3 is 4.90 Å². The first-order chi connectivity index (χ1) is 7.12. The monoisotopic (exact) mass is 241 g/mol. The lowest BCUT2D eigenvalue weighted by atomic mass is 9.95. The maximum absolute atomic E-state index is 6.27. The van der Waals surface area contributed by atoms with Crippen molar-refractivity contribution in [3.8, 4) is 0 Å². The van der Waals surface area contributed by atoms with E-state index in [2.05, 4.69) is 18.0 Å². The minimum absolute atomic E-state index is 0.344. The summed E-state index contributed by atoms with van der Waals surface area (Å²) in [5, 5.41) is 1.56. The van der Waals surface area contributed by atoms with Crippen LogP contribution in [0.3, 0.4) is 0 Å². The number of benzene rings is 1. The molecule has 3 heteroatoms. The predicted octanol–water partition coefficient (Wildman–Crippen LogP) is 3.20. The Kier molecular flexibility index (Phi) is 2.08. The van der Waals surface area contributed by atoms with Gasteiger partial charge in [0.15, 0.2) is 0 Å². The number of hydrogen-bond donors (Lipinski definition) is 0. The van der Waals surface area contributed by atoms with Crippen molar-refractivity contribution < 1.29 is 0 Å². The zero-order valence-electron chi connectivity index (χ0n) is 8.63. The molecule has 1 heterocycles. The molecule has 1 saturated carbocycles. The van der Waals surface area contributed by atoms with Crippen molar-refractivity contribution in [3.05, 3.63) is 33.8 Å². The fraction of sp³-hybridized carbons (Fsp3) is 0.500. The van der Waals surface area contributed by atoms with Crippen molar-refractivity contribution in [3.63, 3.8) is 0 Å². The van der Waals surface area contributed by atoms with Crippen molar-refractivity contribution in [2.45, 2.75) is 11.8 Å². The molecule has 1 aromatic carbocycles. The van der Waals surface area contributed by atoms with Gasteiger partial charge in [0.05, 0.1) is 0 Å². The Morgan fingerprint density at radius 2 is 2.20 bits per heavy atom. The SMILES string of the molecule is CN1CC2CC2(c2ccc(Cl)cc2Cl)C1. The lowest BCUT2D eigenvalue weighted by molar-refractivity contribution is 0.363. The maximum Gasteiger partial charge on any atom is 0.0459 e. The van der Waals surface area contributed by atoms with Crippen molar-refractivity contribution >= 4 is 23.2 Å². The summed E-state index contributed by atoms with van der Waals surface area (Å²) in [6.45, 7) is 2.35. The number of likely N-dealkylation sites (tertiary alicyclic amines) is 1. The molecule has 0 radical (unpaired) electrons. The lowest BCUT2D eigenvalue weighted by Gasteiger charge is -2.17. The minimum atomic E-state index is 0.344. The van der Waals surface area contributed by atoms with E-state index in [1.54, 1.807) is 0 Å². The van der Waals surface area contributed by atoms with Gasteiger partial charge in [-0.15, -0.1) is 0 Å². The lowest BCUT2D eigenvalue weighted by Crippen LogP contribution is -2.22. The largest absolute Gasteiger partial charge is 0.305 e. The summed E-state index contributed by atoms with van der Waals surface area (Å²) in [6, 6.07) is 5.91. The third-order valence-corrected chi connectivity index (χ3v) is 4.33. The van der Waals surface area contributed by atoms with E-state index >= 15 is 0 Å². The van der Waals surface area contributed by atoms with E-state index in [0.717, 1.165) is 22.5 Å². The summed E-state index contributed by atoms with van der Waals surface area (Å²) in [6.07, 6.45) is 1.29. The van der Waals surface area contributed by atoms with Crippen LogP contribution < -0.4 is 0 Å². The summed E-state index contributed by atoms with van der Waals surface area (Å²) in [4.78, 5) is 2.39. The fourth-order valence-electron chi connectivity index (χ4n) is 3.04. The number of fused-ring (bicyclic) bond motifs is 1. The summed E-state index contributed by atoms with van der Waals surface area (Å²) in [5.74, 6) is 0.807. The smallest absolute Gasteiger partial charge is 0.0459 e. The Morgan fingerprint density at radius 1 is 1.40 bits per heavy atom. The van der Waals surface area contributed by atoms with E-state index in [4.69, 9.17) is 23.2 Å². The third kappa shape index (κ3) is 1.41. The second kappa shape index (κ2) is 3.13. The molecule has 1 saturated heterocycles. The van der Waals surface area contributed by atoms with Crippen molar-refractivity contribution in [2.75, 3.05) is 20.1 Å². The summed E-state index contributed by atoms with van der Waals surface area (Å²) >= 11 is 12.2. The van der Waals surface area contributed by atoms with Gasteiger partial charge in [-0.1, -0.05) is 29.3 Å². The van der Waals surface area contributed by atoms with Gasteiger partial charge in [0.1, 0.15) is 0 Å². The molecule has 2 aliphatic rings. The van der Waals surface area contributed by atoms with Gasteiger partial charge in [-0.2, -0.15) is 0 Å². The minimum Gasteiger partial charge on any atom is -0.305 e. The van der Waals surface area contributed by atoms with Crippen LogP contribution in [0.15, 0.2) is 18.2 Å². The Hall–Kier alpha value is -0.240. The van der Waals surface area contributed by atoms with Gasteiger partial charge in [-0.3, -0.25) is 0 Å². The van der Waals surface area contributed by atoms with E-state index in [1.165, 1.54) is 18.5 Å². The van der Waals surface area contributed by atoms with Gasteiger partial charge >= 0.3 is 0 Å². The van der Waals surface area contributed by atoms with Crippen LogP contribution in [0.25, 0.3) is 0 Å². The molecule has 2 fully saturated rings. The molecule has 1 aliphatic heterocycles. The van der Waals surface area contributed by atoms with Gasteiger partial charge in [-0.25, -0.2) is 0 Å². The van der Waals surface area contributed by atoms with E-state index in [9.17, 15) is 0 Å². The molecule has 1 aromatic rings. The van der Waals surface area contributed by atoms with Crippen LogP contribution in [0.1, 0.15) is 12.0 Å². The zero-order chi connectivity index (χ0) is 10.6. The van der Waals surface area contributed by atoms with E-state index in [0.29, 0.717) is 5.41 Å². The van der Waals surface area contributed by atoms with E-state index in [1.807, 2.05) is 12.1 Å². The molecule has 80 valence electrons. The molecule has 0 amide bonds. The highest BCUT2D eigenvalue weighted by molar-refractivity contribution is 6.35. The first-order valence-corrected chi connectivity index (χ1v) is 6.01. The van der Waals surface area contributed by atoms with Gasteiger partial charge in [0.2, 0.25) is 0 Å². The molecule has 0 spiro atoms.